The highest BCUT2D eigenvalue weighted by Gasteiger charge is 2.38. The number of methoxy groups -OCH3 is 1. The van der Waals surface area contributed by atoms with Crippen LogP contribution in [0.25, 0.3) is 0 Å². The second-order valence-electron chi connectivity index (χ2n) is 9.03. The van der Waals surface area contributed by atoms with Crippen LogP contribution in [0.5, 0.6) is 0 Å². The van der Waals surface area contributed by atoms with Crippen molar-refractivity contribution in [3.05, 3.63) is 23.5 Å². The van der Waals surface area contributed by atoms with E-state index >= 15 is 0 Å². The van der Waals surface area contributed by atoms with Crippen LogP contribution in [0.2, 0.25) is 0 Å². The van der Waals surface area contributed by atoms with Gasteiger partial charge in [-0.25, -0.2) is 0 Å². The predicted octanol–water partition coefficient (Wildman–Crippen LogP) is 5.88. The average Bonchev–Trinajstić information content (AvgIpc) is 3.11. The lowest BCUT2D eigenvalue weighted by Crippen LogP contribution is -2.25. The minimum atomic E-state index is -0.461. The molecule has 0 aromatic heterocycles. The van der Waals surface area contributed by atoms with E-state index in [9.17, 15) is 14.7 Å². The number of carbonyl (C=O) groups is 2. The van der Waals surface area contributed by atoms with Gasteiger partial charge < -0.3 is 19.3 Å². The lowest BCUT2D eigenvalue weighted by molar-refractivity contribution is -0.140. The zero-order valence-corrected chi connectivity index (χ0v) is 21.4. The van der Waals surface area contributed by atoms with Crippen LogP contribution >= 0.6 is 0 Å². The van der Waals surface area contributed by atoms with Crippen molar-refractivity contribution >= 4 is 11.9 Å². The quantitative estimate of drug-likeness (QED) is 0.164. The Hall–Kier alpha value is -1.66. The molecule has 0 saturated heterocycles. The number of carbonyl (C=O) groups excluding carboxylic acids is 2. The molecule has 0 bridgehead atoms. The first-order chi connectivity index (χ1) is 15.8. The number of aliphatic hydroxyl groups is 1. The van der Waals surface area contributed by atoms with Gasteiger partial charge in [0.2, 0.25) is 0 Å². The van der Waals surface area contributed by atoms with Crippen LogP contribution in [-0.2, 0) is 23.8 Å². The van der Waals surface area contributed by atoms with E-state index in [1.807, 2.05) is 13.0 Å². The molecule has 0 saturated carbocycles. The van der Waals surface area contributed by atoms with Crippen molar-refractivity contribution in [1.29, 1.82) is 0 Å². The van der Waals surface area contributed by atoms with Gasteiger partial charge in [-0.2, -0.15) is 0 Å². The maximum atomic E-state index is 11.8. The number of hydrogen-bond donors (Lipinski definition) is 1. The van der Waals surface area contributed by atoms with E-state index in [2.05, 4.69) is 19.9 Å². The van der Waals surface area contributed by atoms with Gasteiger partial charge in [-0.3, -0.25) is 9.59 Å². The Morgan fingerprint density at radius 2 is 1.85 bits per heavy atom. The Morgan fingerprint density at radius 3 is 2.48 bits per heavy atom. The maximum Gasteiger partial charge on any atom is 0.307 e. The number of ether oxygens (including phenoxy) is 3. The number of hydrogen-bond acceptors (Lipinski definition) is 6. The summed E-state index contributed by atoms with van der Waals surface area (Å²) in [6, 6.07) is 0. The summed E-state index contributed by atoms with van der Waals surface area (Å²) < 4.78 is 16.3. The molecule has 0 aromatic rings. The third-order valence-corrected chi connectivity index (χ3v) is 6.39. The molecule has 1 rings (SSSR count). The number of unbranched alkanes of at least 4 members (excludes halogenated alkanes) is 5. The van der Waals surface area contributed by atoms with Crippen molar-refractivity contribution in [2.45, 2.75) is 111 Å². The van der Waals surface area contributed by atoms with Crippen molar-refractivity contribution in [3.8, 4) is 0 Å². The first-order valence-electron chi connectivity index (χ1n) is 12.8. The average molecular weight is 467 g/mol. The molecular formula is C27H46O6. The lowest BCUT2D eigenvalue weighted by atomic mass is 9.84. The summed E-state index contributed by atoms with van der Waals surface area (Å²) in [5, 5.41) is 10.4. The van der Waals surface area contributed by atoms with Crippen LogP contribution in [0.1, 0.15) is 98.3 Å². The second kappa shape index (κ2) is 16.9. The molecule has 1 aliphatic rings. The van der Waals surface area contributed by atoms with E-state index in [0.29, 0.717) is 19.4 Å². The van der Waals surface area contributed by atoms with E-state index in [0.717, 1.165) is 69.1 Å². The minimum Gasteiger partial charge on any atom is -0.469 e. The van der Waals surface area contributed by atoms with Gasteiger partial charge in [-0.1, -0.05) is 51.2 Å². The lowest BCUT2D eigenvalue weighted by Gasteiger charge is -2.26. The molecule has 2 unspecified atom stereocenters. The summed E-state index contributed by atoms with van der Waals surface area (Å²) in [6.07, 6.45) is 13.3. The number of rotatable bonds is 17. The molecule has 0 radical (unpaired) electrons. The van der Waals surface area contributed by atoms with Gasteiger partial charge in [0.25, 0.3) is 0 Å². The normalized spacial score (nSPS) is 20.3. The van der Waals surface area contributed by atoms with Crippen molar-refractivity contribution in [3.63, 3.8) is 0 Å². The highest BCUT2D eigenvalue weighted by atomic mass is 16.5. The van der Waals surface area contributed by atoms with Gasteiger partial charge in [-0.15, -0.1) is 0 Å². The van der Waals surface area contributed by atoms with Crippen LogP contribution in [0.3, 0.4) is 0 Å². The summed E-state index contributed by atoms with van der Waals surface area (Å²) in [5.41, 5.74) is 1.15. The van der Waals surface area contributed by atoms with Gasteiger partial charge in [0, 0.05) is 38.2 Å². The van der Waals surface area contributed by atoms with Gasteiger partial charge in [0.15, 0.2) is 0 Å². The van der Waals surface area contributed by atoms with Crippen molar-refractivity contribution in [2.75, 3.05) is 13.7 Å². The Labute approximate surface area is 200 Å². The fourth-order valence-electron chi connectivity index (χ4n) is 4.59. The molecule has 4 atom stereocenters. The first-order valence-corrected chi connectivity index (χ1v) is 12.8. The molecule has 0 aliphatic heterocycles. The third kappa shape index (κ3) is 11.3. The van der Waals surface area contributed by atoms with E-state index < -0.39 is 6.10 Å². The standard InChI is InChI=1S/C27H46O6/c1-6-8-11-14-22(29)17-18-23-24(15-12-9-10-13-16-27(30)31-5)26(33-21(4)28)19-25(23)20(3)32-7-2/h17-18,20,22-23,25,29H,6-16,19H2,1-5H3/b18-17+/t20?,22?,23-,25-/m0/s1. The van der Waals surface area contributed by atoms with Crippen molar-refractivity contribution in [1.82, 2.24) is 0 Å². The third-order valence-electron chi connectivity index (χ3n) is 6.39. The molecule has 1 aliphatic carbocycles. The molecule has 6 heteroatoms. The highest BCUT2D eigenvalue weighted by molar-refractivity contribution is 5.69. The number of esters is 2. The van der Waals surface area contributed by atoms with Gasteiger partial charge in [-0.05, 0) is 45.1 Å². The summed E-state index contributed by atoms with van der Waals surface area (Å²) >= 11 is 0. The number of allylic oxidation sites excluding steroid dienone is 3. The van der Waals surface area contributed by atoms with Crippen LogP contribution < -0.4 is 0 Å². The fourth-order valence-corrected chi connectivity index (χ4v) is 4.59. The predicted molar refractivity (Wildman–Crippen MR) is 130 cm³/mol. The second-order valence-corrected chi connectivity index (χ2v) is 9.03. The van der Waals surface area contributed by atoms with Gasteiger partial charge >= 0.3 is 11.9 Å². The molecule has 6 nitrogen and oxygen atoms in total. The molecule has 0 amide bonds. The molecule has 190 valence electrons. The van der Waals surface area contributed by atoms with E-state index in [1.165, 1.54) is 14.0 Å². The fraction of sp³-hybridized carbons (Fsp3) is 0.778. The zero-order valence-electron chi connectivity index (χ0n) is 21.4. The van der Waals surface area contributed by atoms with Crippen molar-refractivity contribution in [2.24, 2.45) is 11.8 Å². The Balaban J connectivity index is 2.90. The molecule has 0 heterocycles. The SMILES string of the molecule is CCCCCC(O)/C=C/[C@H]1C(CCCCCCC(=O)OC)=C(OC(C)=O)C[C@H]1C(C)OCC. The Morgan fingerprint density at radius 1 is 1.12 bits per heavy atom. The zero-order chi connectivity index (χ0) is 24.6. The van der Waals surface area contributed by atoms with E-state index in [-0.39, 0.29) is 29.9 Å². The molecule has 0 aromatic carbocycles. The summed E-state index contributed by atoms with van der Waals surface area (Å²) in [7, 11) is 1.42. The summed E-state index contributed by atoms with van der Waals surface area (Å²) in [4.78, 5) is 23.1. The van der Waals surface area contributed by atoms with Crippen LogP contribution in [0.15, 0.2) is 23.5 Å². The minimum absolute atomic E-state index is 0.0185. The molecule has 0 spiro atoms. The monoisotopic (exact) mass is 466 g/mol. The molecule has 33 heavy (non-hydrogen) atoms. The van der Waals surface area contributed by atoms with Crippen LogP contribution in [0, 0.1) is 11.8 Å². The first kappa shape index (κ1) is 29.4. The Bertz CT molecular complexity index is 639. The van der Waals surface area contributed by atoms with E-state index in [4.69, 9.17) is 14.2 Å². The van der Waals surface area contributed by atoms with Crippen LogP contribution in [0.4, 0.5) is 0 Å². The summed E-state index contributed by atoms with van der Waals surface area (Å²) in [6.45, 7) is 8.30. The van der Waals surface area contributed by atoms with Gasteiger partial charge in [0.1, 0.15) is 5.76 Å². The topological polar surface area (TPSA) is 82.1 Å². The largest absolute Gasteiger partial charge is 0.469 e. The molecule has 1 N–H and O–H groups in total. The summed E-state index contributed by atoms with van der Waals surface area (Å²) in [5.74, 6) is 0.557. The number of aliphatic hydroxyl groups excluding tert-OH is 1. The van der Waals surface area contributed by atoms with Crippen molar-refractivity contribution < 1.29 is 28.9 Å². The Kier molecular flexibility index (Phi) is 15.0. The highest BCUT2D eigenvalue weighted by Crippen LogP contribution is 2.44. The smallest absolute Gasteiger partial charge is 0.307 e. The van der Waals surface area contributed by atoms with Gasteiger partial charge in [0.05, 0.1) is 19.3 Å². The molecular weight excluding hydrogens is 420 g/mol. The molecule has 0 fully saturated rings. The van der Waals surface area contributed by atoms with Crippen LogP contribution in [-0.4, -0.2) is 43.0 Å². The van der Waals surface area contributed by atoms with E-state index in [1.54, 1.807) is 0 Å². The maximum absolute atomic E-state index is 11.8.